The summed E-state index contributed by atoms with van der Waals surface area (Å²) in [5, 5.41) is 0. The highest BCUT2D eigenvalue weighted by Gasteiger charge is 2.50. The Balaban J connectivity index is 2.23. The molecule has 4 aliphatic rings. The lowest BCUT2D eigenvalue weighted by Gasteiger charge is -2.26. The quantitative estimate of drug-likeness (QED) is 0.639. The Morgan fingerprint density at radius 1 is 1.25 bits per heavy atom. The summed E-state index contributed by atoms with van der Waals surface area (Å²) in [4.78, 5) is 0.499. The predicted molar refractivity (Wildman–Crippen MR) is 57.9 cm³/mol. The molecule has 16 heavy (non-hydrogen) atoms. The van der Waals surface area contributed by atoms with E-state index in [1.165, 1.54) is 11.1 Å². The van der Waals surface area contributed by atoms with Crippen LogP contribution in [0.15, 0.2) is 11.0 Å². The van der Waals surface area contributed by atoms with Crippen LogP contribution in [0.25, 0.3) is 0 Å². The van der Waals surface area contributed by atoms with Crippen molar-refractivity contribution in [3.8, 4) is 0 Å². The van der Waals surface area contributed by atoms with Gasteiger partial charge in [-0.2, -0.15) is 8.42 Å². The molecule has 0 aromatic heterocycles. The van der Waals surface area contributed by atoms with Crippen molar-refractivity contribution >= 4 is 10.1 Å². The highest BCUT2D eigenvalue weighted by molar-refractivity contribution is 7.86. The zero-order valence-electron chi connectivity index (χ0n) is 9.04. The van der Waals surface area contributed by atoms with Crippen LogP contribution in [-0.4, -0.2) is 15.0 Å². The Morgan fingerprint density at radius 2 is 2.00 bits per heavy atom. The van der Waals surface area contributed by atoms with Crippen molar-refractivity contribution in [3.05, 3.63) is 28.3 Å². The van der Waals surface area contributed by atoms with Crippen LogP contribution >= 0.6 is 0 Å². The van der Waals surface area contributed by atoms with Crippen LogP contribution in [0.4, 0.5) is 0 Å². The molecule has 1 unspecified atom stereocenters. The monoisotopic (exact) mass is 236 g/mol. The van der Waals surface area contributed by atoms with Crippen molar-refractivity contribution in [2.75, 3.05) is 6.61 Å². The van der Waals surface area contributed by atoms with Gasteiger partial charge in [0.05, 0.1) is 6.61 Å². The van der Waals surface area contributed by atoms with E-state index in [0.29, 0.717) is 11.5 Å². The van der Waals surface area contributed by atoms with Gasteiger partial charge in [0.25, 0.3) is 10.1 Å². The Kier molecular flexibility index (Phi) is 1.36. The standard InChI is InChI=1S/C12H12O3S/c1-7-2-8-3-12-4-9(7)10(5-12)11(8)16(13,14)15-6-12/h2H,3-6H2,1H3. The fraction of sp³-hybridized carbons (Fsp3) is 0.500. The van der Waals surface area contributed by atoms with Gasteiger partial charge in [-0.1, -0.05) is 6.07 Å². The third-order valence-electron chi connectivity index (χ3n) is 4.24. The van der Waals surface area contributed by atoms with Crippen LogP contribution in [0, 0.1) is 12.3 Å². The molecule has 2 heterocycles. The summed E-state index contributed by atoms with van der Waals surface area (Å²) in [7, 11) is -3.48. The summed E-state index contributed by atoms with van der Waals surface area (Å²) < 4.78 is 29.1. The first-order chi connectivity index (χ1) is 7.51. The minimum atomic E-state index is -3.48. The van der Waals surface area contributed by atoms with Gasteiger partial charge in [-0.3, -0.25) is 4.18 Å². The van der Waals surface area contributed by atoms with Gasteiger partial charge in [0.2, 0.25) is 0 Å². The topological polar surface area (TPSA) is 43.4 Å². The lowest BCUT2D eigenvalue weighted by molar-refractivity contribution is 0.166. The molecule has 4 heteroatoms. The zero-order chi connectivity index (χ0) is 11.1. The highest BCUT2D eigenvalue weighted by Crippen LogP contribution is 2.52. The van der Waals surface area contributed by atoms with E-state index in [0.717, 1.165) is 30.4 Å². The first-order valence-electron chi connectivity index (χ1n) is 5.55. The molecule has 0 radical (unpaired) electrons. The van der Waals surface area contributed by atoms with Crippen molar-refractivity contribution in [2.45, 2.75) is 31.1 Å². The molecule has 0 N–H and O–H groups in total. The largest absolute Gasteiger partial charge is 0.297 e. The molecular formula is C12H12O3S. The lowest BCUT2D eigenvalue weighted by atomic mass is 9.78. The van der Waals surface area contributed by atoms with E-state index in [2.05, 4.69) is 6.92 Å². The van der Waals surface area contributed by atoms with Crippen LogP contribution in [0.1, 0.15) is 22.3 Å². The summed E-state index contributed by atoms with van der Waals surface area (Å²) in [6.45, 7) is 2.44. The molecule has 0 saturated carbocycles. The highest BCUT2D eigenvalue weighted by atomic mass is 32.2. The Hall–Kier alpha value is -0.870. The van der Waals surface area contributed by atoms with Crippen molar-refractivity contribution < 1.29 is 12.6 Å². The molecule has 1 aromatic rings. The van der Waals surface area contributed by atoms with Gasteiger partial charge < -0.3 is 0 Å². The van der Waals surface area contributed by atoms with Crippen LogP contribution in [-0.2, 0) is 33.6 Å². The van der Waals surface area contributed by atoms with Gasteiger partial charge in [0, 0.05) is 5.41 Å². The molecule has 4 bridgehead atoms. The van der Waals surface area contributed by atoms with Crippen LogP contribution < -0.4 is 0 Å². The Bertz CT molecular complexity index is 626. The first kappa shape index (κ1) is 9.19. The van der Waals surface area contributed by atoms with E-state index in [-0.39, 0.29) is 5.41 Å². The van der Waals surface area contributed by atoms with E-state index < -0.39 is 10.1 Å². The SMILES string of the molecule is Cc1cc2c3c4c1CC(COS3(=O)=O)(C2)C4. The molecule has 0 saturated heterocycles. The maximum Gasteiger partial charge on any atom is 0.297 e. The van der Waals surface area contributed by atoms with Gasteiger partial charge in [0.15, 0.2) is 0 Å². The summed E-state index contributed by atoms with van der Waals surface area (Å²) in [5.74, 6) is 0. The molecule has 5 rings (SSSR count). The van der Waals surface area contributed by atoms with Gasteiger partial charge in [-0.15, -0.1) is 0 Å². The molecule has 84 valence electrons. The molecule has 3 nitrogen and oxygen atoms in total. The second-order valence-electron chi connectivity index (χ2n) is 5.39. The smallest absolute Gasteiger partial charge is 0.266 e. The number of rotatable bonds is 0. The second kappa shape index (κ2) is 2.36. The average molecular weight is 236 g/mol. The minimum Gasteiger partial charge on any atom is -0.266 e. The third-order valence-corrected chi connectivity index (χ3v) is 5.67. The molecule has 2 aliphatic heterocycles. The second-order valence-corrected chi connectivity index (χ2v) is 6.94. The normalized spacial score (nSPS) is 32.1. The van der Waals surface area contributed by atoms with Crippen molar-refractivity contribution in [3.63, 3.8) is 0 Å². The summed E-state index contributed by atoms with van der Waals surface area (Å²) >= 11 is 0. The van der Waals surface area contributed by atoms with Crippen molar-refractivity contribution in [1.29, 1.82) is 0 Å². The van der Waals surface area contributed by atoms with E-state index in [1.54, 1.807) is 0 Å². The van der Waals surface area contributed by atoms with Gasteiger partial charge in [-0.05, 0) is 48.4 Å². The number of aryl methyl sites for hydroxylation is 1. The van der Waals surface area contributed by atoms with Crippen LogP contribution in [0.2, 0.25) is 0 Å². The molecule has 1 atom stereocenters. The van der Waals surface area contributed by atoms with Gasteiger partial charge >= 0.3 is 0 Å². The molecule has 1 aromatic carbocycles. The number of fused-ring (bicyclic) bond motifs is 2. The Morgan fingerprint density at radius 3 is 2.81 bits per heavy atom. The number of hydrogen-bond donors (Lipinski definition) is 0. The Labute approximate surface area is 94.6 Å². The molecular weight excluding hydrogens is 224 g/mol. The molecule has 1 spiro atoms. The fourth-order valence-corrected chi connectivity index (χ4v) is 5.09. The maximum atomic E-state index is 12.0. The van der Waals surface area contributed by atoms with Crippen LogP contribution in [0.5, 0.6) is 0 Å². The summed E-state index contributed by atoms with van der Waals surface area (Å²) in [5.41, 5.74) is 4.60. The average Bonchev–Trinajstić information content (AvgIpc) is 2.27. The number of benzene rings is 1. The summed E-state index contributed by atoms with van der Waals surface area (Å²) in [6.07, 6.45) is 2.75. The van der Waals surface area contributed by atoms with Crippen LogP contribution in [0.3, 0.4) is 0 Å². The minimum absolute atomic E-state index is 0.0430. The lowest BCUT2D eigenvalue weighted by Crippen LogP contribution is -2.29. The molecule has 0 fully saturated rings. The third kappa shape index (κ3) is 0.870. The summed E-state index contributed by atoms with van der Waals surface area (Å²) in [6, 6.07) is 2.04. The fourth-order valence-electron chi connectivity index (χ4n) is 3.61. The van der Waals surface area contributed by atoms with Crippen molar-refractivity contribution in [2.24, 2.45) is 5.41 Å². The molecule has 0 amide bonds. The van der Waals surface area contributed by atoms with E-state index in [4.69, 9.17) is 4.18 Å². The van der Waals surface area contributed by atoms with E-state index in [9.17, 15) is 8.42 Å². The first-order valence-corrected chi connectivity index (χ1v) is 6.95. The van der Waals surface area contributed by atoms with E-state index in [1.807, 2.05) is 6.07 Å². The van der Waals surface area contributed by atoms with Crippen molar-refractivity contribution in [1.82, 2.24) is 0 Å². The number of hydrogen-bond acceptors (Lipinski definition) is 3. The predicted octanol–water partition coefficient (Wildman–Crippen LogP) is 1.36. The van der Waals surface area contributed by atoms with E-state index >= 15 is 0 Å². The molecule has 2 aliphatic carbocycles. The van der Waals surface area contributed by atoms with Gasteiger partial charge in [-0.25, -0.2) is 0 Å². The zero-order valence-corrected chi connectivity index (χ0v) is 9.86. The van der Waals surface area contributed by atoms with Gasteiger partial charge in [0.1, 0.15) is 4.90 Å². The maximum absolute atomic E-state index is 12.0.